The summed E-state index contributed by atoms with van der Waals surface area (Å²) < 4.78 is 0. The second kappa shape index (κ2) is 8.87. The molecule has 9 heteroatoms. The van der Waals surface area contributed by atoms with Crippen LogP contribution in [0, 0.1) is 0 Å². The Morgan fingerprint density at radius 1 is 1.23 bits per heavy atom. The van der Waals surface area contributed by atoms with Crippen LogP contribution >= 0.6 is 35.0 Å². The number of carboxylic acid groups (broad SMARTS) is 1. The van der Waals surface area contributed by atoms with Crippen molar-refractivity contribution in [3.8, 4) is 0 Å². The largest absolute Gasteiger partial charge is 0.481 e. The Morgan fingerprint density at radius 3 is 2.50 bits per heavy atom. The first-order valence-electron chi connectivity index (χ1n) is 6.08. The monoisotopic (exact) mass is 364 g/mol. The van der Waals surface area contributed by atoms with E-state index in [-0.39, 0.29) is 24.0 Å². The molecule has 0 aliphatic carbocycles. The molecule has 0 saturated carbocycles. The van der Waals surface area contributed by atoms with Crippen molar-refractivity contribution >= 4 is 58.4 Å². The maximum Gasteiger partial charge on any atom is 0.313 e. The molecule has 0 atom stereocenters. The number of amides is 2. The van der Waals surface area contributed by atoms with Crippen molar-refractivity contribution in [3.05, 3.63) is 28.2 Å². The molecular weight excluding hydrogens is 351 g/mol. The SMILES string of the molecule is CN(CC(=O)Nc1ccc(Cl)c(Cl)c1)C(=O)CSCC(=O)O. The van der Waals surface area contributed by atoms with Crippen LogP contribution in [0.15, 0.2) is 18.2 Å². The number of thioether (sulfide) groups is 1. The molecule has 0 aromatic heterocycles. The number of hydrogen-bond acceptors (Lipinski definition) is 4. The molecule has 2 amide bonds. The standard InChI is InChI=1S/C13H14Cl2N2O4S/c1-17(12(19)6-22-7-13(20)21)5-11(18)16-8-2-3-9(14)10(15)4-8/h2-4H,5-7H2,1H3,(H,16,18)(H,20,21). The van der Waals surface area contributed by atoms with Gasteiger partial charge in [0.1, 0.15) is 0 Å². The molecule has 0 aliphatic heterocycles. The first kappa shape index (κ1) is 18.6. The average molecular weight is 365 g/mol. The summed E-state index contributed by atoms with van der Waals surface area (Å²) in [7, 11) is 1.47. The van der Waals surface area contributed by atoms with Crippen molar-refractivity contribution in [3.63, 3.8) is 0 Å². The minimum Gasteiger partial charge on any atom is -0.481 e. The lowest BCUT2D eigenvalue weighted by molar-refractivity contribution is -0.133. The minimum absolute atomic E-state index is 0.00283. The van der Waals surface area contributed by atoms with Gasteiger partial charge in [-0.1, -0.05) is 23.2 Å². The lowest BCUT2D eigenvalue weighted by Crippen LogP contribution is -2.36. The lowest BCUT2D eigenvalue weighted by Gasteiger charge is -2.16. The van der Waals surface area contributed by atoms with Crippen LogP contribution in [0.25, 0.3) is 0 Å². The molecule has 120 valence electrons. The van der Waals surface area contributed by atoms with Crippen molar-refractivity contribution in [2.75, 3.05) is 30.4 Å². The van der Waals surface area contributed by atoms with Gasteiger partial charge < -0.3 is 15.3 Å². The highest BCUT2D eigenvalue weighted by molar-refractivity contribution is 8.00. The Kier molecular flexibility index (Phi) is 7.50. The summed E-state index contributed by atoms with van der Waals surface area (Å²) in [5, 5.41) is 11.8. The van der Waals surface area contributed by atoms with Gasteiger partial charge in [0, 0.05) is 12.7 Å². The normalized spacial score (nSPS) is 10.1. The van der Waals surface area contributed by atoms with E-state index in [1.54, 1.807) is 12.1 Å². The van der Waals surface area contributed by atoms with Gasteiger partial charge in [0.2, 0.25) is 11.8 Å². The first-order valence-corrected chi connectivity index (χ1v) is 7.99. The van der Waals surface area contributed by atoms with Crippen molar-refractivity contribution in [2.45, 2.75) is 0 Å². The summed E-state index contributed by atoms with van der Waals surface area (Å²) in [5.41, 5.74) is 0.473. The fraction of sp³-hybridized carbons (Fsp3) is 0.308. The van der Waals surface area contributed by atoms with Gasteiger partial charge in [-0.25, -0.2) is 0 Å². The number of anilines is 1. The topological polar surface area (TPSA) is 86.7 Å². The molecule has 1 aromatic carbocycles. The van der Waals surface area contributed by atoms with E-state index >= 15 is 0 Å². The highest BCUT2D eigenvalue weighted by Gasteiger charge is 2.14. The number of carboxylic acids is 1. The van der Waals surface area contributed by atoms with Crippen LogP contribution in [0.4, 0.5) is 5.69 Å². The van der Waals surface area contributed by atoms with Gasteiger partial charge in [0.05, 0.1) is 28.1 Å². The summed E-state index contributed by atoms with van der Waals surface area (Å²) in [6.45, 7) is -0.146. The number of carbonyl (C=O) groups is 3. The second-order valence-corrected chi connectivity index (χ2v) is 6.11. The fourth-order valence-electron chi connectivity index (χ4n) is 1.41. The third kappa shape index (κ3) is 6.55. The number of aliphatic carboxylic acids is 1. The third-order valence-corrected chi connectivity index (χ3v) is 4.10. The van der Waals surface area contributed by atoms with Gasteiger partial charge in [-0.15, -0.1) is 11.8 Å². The summed E-state index contributed by atoms with van der Waals surface area (Å²) in [5.74, 6) is -1.86. The molecule has 1 rings (SSSR count). The summed E-state index contributed by atoms with van der Waals surface area (Å²) in [6, 6.07) is 4.65. The van der Waals surface area contributed by atoms with Gasteiger partial charge in [-0.2, -0.15) is 0 Å². The number of benzene rings is 1. The van der Waals surface area contributed by atoms with E-state index in [2.05, 4.69) is 5.32 Å². The molecule has 0 heterocycles. The first-order chi connectivity index (χ1) is 10.3. The maximum atomic E-state index is 11.8. The molecule has 0 radical (unpaired) electrons. The van der Waals surface area contributed by atoms with Crippen LogP contribution in [-0.2, 0) is 14.4 Å². The van der Waals surface area contributed by atoms with Crippen LogP contribution < -0.4 is 5.32 Å². The molecular formula is C13H14Cl2N2O4S. The van der Waals surface area contributed by atoms with Crippen LogP contribution in [0.1, 0.15) is 0 Å². The van der Waals surface area contributed by atoms with Crippen LogP contribution in [0.2, 0.25) is 10.0 Å². The summed E-state index contributed by atoms with van der Waals surface area (Å²) in [4.78, 5) is 35.1. The third-order valence-electron chi connectivity index (χ3n) is 2.46. The quantitative estimate of drug-likeness (QED) is 0.774. The molecule has 0 spiro atoms. The van der Waals surface area contributed by atoms with E-state index in [1.165, 1.54) is 18.0 Å². The summed E-state index contributed by atoms with van der Waals surface area (Å²) in [6.07, 6.45) is 0. The molecule has 0 aliphatic rings. The van der Waals surface area contributed by atoms with Crippen LogP contribution in [0.3, 0.4) is 0 Å². The maximum absolute atomic E-state index is 11.8. The predicted octanol–water partition coefficient (Wildman–Crippen LogP) is 2.21. The van der Waals surface area contributed by atoms with Crippen LogP contribution in [-0.4, -0.2) is 52.9 Å². The molecule has 2 N–H and O–H groups in total. The zero-order valence-electron chi connectivity index (χ0n) is 11.6. The molecule has 0 fully saturated rings. The summed E-state index contributed by atoms with van der Waals surface area (Å²) >= 11 is 12.6. The number of carbonyl (C=O) groups excluding carboxylic acids is 2. The van der Waals surface area contributed by atoms with Crippen LogP contribution in [0.5, 0.6) is 0 Å². The number of likely N-dealkylation sites (N-methyl/N-ethyl adjacent to an activating group) is 1. The van der Waals surface area contributed by atoms with Gasteiger partial charge >= 0.3 is 5.97 Å². The van der Waals surface area contributed by atoms with Gasteiger partial charge in [-0.3, -0.25) is 14.4 Å². The Morgan fingerprint density at radius 2 is 1.91 bits per heavy atom. The van der Waals surface area contributed by atoms with E-state index in [0.29, 0.717) is 15.7 Å². The number of halogens is 2. The Bertz CT molecular complexity index is 583. The molecule has 0 unspecified atom stereocenters. The molecule has 22 heavy (non-hydrogen) atoms. The van der Waals surface area contributed by atoms with Crippen molar-refractivity contribution in [1.29, 1.82) is 0 Å². The van der Waals surface area contributed by atoms with Gasteiger partial charge in [0.15, 0.2) is 0 Å². The molecule has 6 nitrogen and oxygen atoms in total. The number of rotatable bonds is 7. The minimum atomic E-state index is -0.988. The van der Waals surface area contributed by atoms with E-state index in [4.69, 9.17) is 28.3 Å². The molecule has 0 bridgehead atoms. The predicted molar refractivity (Wildman–Crippen MR) is 87.7 cm³/mol. The van der Waals surface area contributed by atoms with Gasteiger partial charge in [0.25, 0.3) is 0 Å². The Labute approximate surface area is 141 Å². The smallest absolute Gasteiger partial charge is 0.313 e. The Balaban J connectivity index is 2.44. The van der Waals surface area contributed by atoms with Crippen molar-refractivity contribution in [2.24, 2.45) is 0 Å². The van der Waals surface area contributed by atoms with E-state index < -0.39 is 11.9 Å². The molecule has 1 aromatic rings. The number of nitrogens with zero attached hydrogens (tertiary/aromatic N) is 1. The van der Waals surface area contributed by atoms with E-state index in [9.17, 15) is 14.4 Å². The average Bonchev–Trinajstić information content (AvgIpc) is 2.42. The van der Waals surface area contributed by atoms with E-state index in [1.807, 2.05) is 0 Å². The zero-order valence-corrected chi connectivity index (χ0v) is 14.0. The van der Waals surface area contributed by atoms with Crippen molar-refractivity contribution < 1.29 is 19.5 Å². The highest BCUT2D eigenvalue weighted by Crippen LogP contribution is 2.24. The highest BCUT2D eigenvalue weighted by atomic mass is 35.5. The van der Waals surface area contributed by atoms with E-state index in [0.717, 1.165) is 11.8 Å². The lowest BCUT2D eigenvalue weighted by atomic mass is 10.3. The fourth-order valence-corrected chi connectivity index (χ4v) is 2.38. The number of hydrogen-bond donors (Lipinski definition) is 2. The number of nitrogens with one attached hydrogen (secondary N) is 1. The second-order valence-electron chi connectivity index (χ2n) is 4.31. The zero-order chi connectivity index (χ0) is 16.7. The molecule has 0 saturated heterocycles. The van der Waals surface area contributed by atoms with Gasteiger partial charge in [-0.05, 0) is 18.2 Å². The van der Waals surface area contributed by atoms with Crippen molar-refractivity contribution in [1.82, 2.24) is 4.90 Å². The Hall–Kier alpha value is -1.44.